The van der Waals surface area contributed by atoms with Gasteiger partial charge in [0.2, 0.25) is 17.7 Å². The van der Waals surface area contributed by atoms with Gasteiger partial charge >= 0.3 is 0 Å². The fourth-order valence-electron chi connectivity index (χ4n) is 8.01. The second-order valence-corrected chi connectivity index (χ2v) is 13.7. The Bertz CT molecular complexity index is 1170. The largest absolute Gasteiger partial charge is 0.396 e. The van der Waals surface area contributed by atoms with Crippen molar-refractivity contribution in [2.75, 3.05) is 26.2 Å². The van der Waals surface area contributed by atoms with Gasteiger partial charge in [0, 0.05) is 43.7 Å². The Kier molecular flexibility index (Phi) is 10.5. The summed E-state index contributed by atoms with van der Waals surface area (Å²) in [6.07, 6.45) is 10.7. The smallest absolute Gasteiger partial charge is 0.248 e. The molecule has 3 amide bonds. The number of likely N-dealkylation sites (tertiary alicyclic amines) is 1. The molecular weight excluding hydrogens is 610 g/mol. The molecule has 3 unspecified atom stereocenters. The highest BCUT2D eigenvalue weighted by Gasteiger charge is 2.76. The highest BCUT2D eigenvalue weighted by Crippen LogP contribution is 2.60. The number of unbranched alkanes of at least 4 members (excludes halogenated alkanes) is 2. The number of amides is 3. The number of carbonyl (C=O) groups is 3. The summed E-state index contributed by atoms with van der Waals surface area (Å²) in [5.41, 5.74) is -0.0823. The third-order valence-electron chi connectivity index (χ3n) is 9.87. The number of aliphatic hydroxyl groups is 1. The lowest BCUT2D eigenvalue weighted by Gasteiger charge is -2.41. The number of benzene rings is 1. The molecule has 1 spiro atoms. The van der Waals surface area contributed by atoms with Crippen molar-refractivity contribution in [2.24, 2.45) is 11.8 Å². The lowest BCUT2D eigenvalue weighted by atomic mass is 9.70. The van der Waals surface area contributed by atoms with Crippen LogP contribution in [-0.2, 0) is 25.7 Å². The molecule has 3 saturated heterocycles. The number of aliphatic hydroxyl groups excluding tert-OH is 1. The van der Waals surface area contributed by atoms with Gasteiger partial charge in [0.1, 0.15) is 11.6 Å². The Hall–Kier alpha value is -2.49. The first-order valence-corrected chi connectivity index (χ1v) is 16.9. The van der Waals surface area contributed by atoms with E-state index in [1.54, 1.807) is 22.0 Å². The van der Waals surface area contributed by atoms with Crippen LogP contribution in [0.5, 0.6) is 0 Å². The van der Waals surface area contributed by atoms with Gasteiger partial charge in [-0.05, 0) is 44.1 Å². The van der Waals surface area contributed by atoms with Gasteiger partial charge in [-0.1, -0.05) is 77.7 Å². The van der Waals surface area contributed by atoms with E-state index in [1.165, 1.54) is 6.42 Å². The van der Waals surface area contributed by atoms with Gasteiger partial charge in [-0.25, -0.2) is 0 Å². The van der Waals surface area contributed by atoms with Gasteiger partial charge < -0.3 is 24.5 Å². The molecule has 1 aromatic carbocycles. The molecule has 2 bridgehead atoms. The lowest BCUT2D eigenvalue weighted by molar-refractivity contribution is -0.150. The van der Waals surface area contributed by atoms with Crippen molar-refractivity contribution in [3.05, 3.63) is 61.2 Å². The number of alkyl halides is 1. The van der Waals surface area contributed by atoms with Crippen LogP contribution in [0.3, 0.4) is 0 Å². The average molecular weight is 657 g/mol. The first-order chi connectivity index (χ1) is 20.9. The normalized spacial score (nSPS) is 29.9. The molecule has 8 nitrogen and oxygen atoms in total. The molecule has 43 heavy (non-hydrogen) atoms. The summed E-state index contributed by atoms with van der Waals surface area (Å²) in [5.74, 6) is -1.82. The zero-order chi connectivity index (χ0) is 30.6. The van der Waals surface area contributed by atoms with Gasteiger partial charge in [-0.2, -0.15) is 0 Å². The molecule has 9 heteroatoms. The van der Waals surface area contributed by atoms with Crippen LogP contribution in [0.2, 0.25) is 0 Å². The van der Waals surface area contributed by atoms with Crippen LogP contribution in [0, 0.1) is 11.8 Å². The molecule has 1 saturated carbocycles. The van der Waals surface area contributed by atoms with Crippen molar-refractivity contribution in [2.45, 2.75) is 92.9 Å². The lowest BCUT2D eigenvalue weighted by Crippen LogP contribution is -2.58. The molecule has 1 aliphatic carbocycles. The molecule has 1 aromatic rings. The minimum absolute atomic E-state index is 0.0881. The van der Waals surface area contributed by atoms with Crippen LogP contribution < -0.4 is 0 Å². The Labute approximate surface area is 264 Å². The molecule has 5 rings (SSSR count). The fraction of sp³-hybridized carbons (Fsp3) is 0.618. The van der Waals surface area contributed by atoms with Crippen LogP contribution in [0.25, 0.3) is 0 Å². The Balaban J connectivity index is 1.50. The van der Waals surface area contributed by atoms with Crippen molar-refractivity contribution < 1.29 is 24.2 Å². The van der Waals surface area contributed by atoms with Gasteiger partial charge in [0.15, 0.2) is 0 Å². The van der Waals surface area contributed by atoms with Crippen molar-refractivity contribution in [1.82, 2.24) is 14.7 Å². The van der Waals surface area contributed by atoms with Crippen LogP contribution >= 0.6 is 15.9 Å². The van der Waals surface area contributed by atoms with E-state index in [9.17, 15) is 19.5 Å². The third kappa shape index (κ3) is 6.09. The van der Waals surface area contributed by atoms with Crippen molar-refractivity contribution in [3.63, 3.8) is 0 Å². The van der Waals surface area contributed by atoms with Gasteiger partial charge in [0.05, 0.1) is 17.9 Å². The summed E-state index contributed by atoms with van der Waals surface area (Å²) in [5, 5.41) is 9.34. The van der Waals surface area contributed by atoms with Gasteiger partial charge in [-0.15, -0.1) is 13.2 Å². The summed E-state index contributed by atoms with van der Waals surface area (Å²) in [4.78, 5) is 48.8. The predicted octanol–water partition coefficient (Wildman–Crippen LogP) is 4.46. The minimum atomic E-state index is -1.08. The van der Waals surface area contributed by atoms with Crippen LogP contribution in [0.15, 0.2) is 55.6 Å². The first kappa shape index (κ1) is 31.9. The SMILES string of the molecule is C=CCN(Cc1ccccc1)C(=O)[C@H]1[C@@H]2OC3(CC2Br)C(C(=O)N(CC=C)C2CCCCC2)N(CCCCCO)C(=O)[C@H]13. The molecule has 0 aromatic heterocycles. The zero-order valence-electron chi connectivity index (χ0n) is 25.1. The standard InChI is InChI=1S/C34H46BrN3O5/c1-3-18-36(23-24-14-8-5-9-15-24)31(40)27-28-32(41)38(20-12-7-13-21-39)30(34(28)22-26(35)29(27)43-34)33(42)37(19-4-2)25-16-10-6-11-17-25/h3-5,8-9,14-15,25-30,39H,1-2,6-7,10-13,16-23H2/t26?,27-,28+,29-,30?,34?/m1/s1. The maximum atomic E-state index is 14.7. The number of hydrogen-bond acceptors (Lipinski definition) is 5. The molecule has 4 fully saturated rings. The summed E-state index contributed by atoms with van der Waals surface area (Å²) in [6, 6.07) is 9.11. The maximum absolute atomic E-state index is 14.7. The van der Waals surface area contributed by atoms with E-state index >= 15 is 0 Å². The summed E-state index contributed by atoms with van der Waals surface area (Å²) in [6.45, 7) is 9.47. The van der Waals surface area contributed by atoms with Crippen LogP contribution in [-0.4, -0.2) is 92.4 Å². The molecule has 4 aliphatic rings. The highest BCUT2D eigenvalue weighted by atomic mass is 79.9. The highest BCUT2D eigenvalue weighted by molar-refractivity contribution is 9.09. The third-order valence-corrected chi connectivity index (χ3v) is 10.7. The monoisotopic (exact) mass is 655 g/mol. The van der Waals surface area contributed by atoms with E-state index in [4.69, 9.17) is 4.74 Å². The van der Waals surface area contributed by atoms with E-state index < -0.39 is 29.6 Å². The average Bonchev–Trinajstić information content (AvgIpc) is 3.61. The molecule has 234 valence electrons. The topological polar surface area (TPSA) is 90.4 Å². The summed E-state index contributed by atoms with van der Waals surface area (Å²) in [7, 11) is 0. The first-order valence-electron chi connectivity index (χ1n) is 16.0. The number of hydrogen-bond donors (Lipinski definition) is 1. The minimum Gasteiger partial charge on any atom is -0.396 e. The molecule has 1 N–H and O–H groups in total. The number of halogens is 1. The molecule has 6 atom stereocenters. The van der Waals surface area contributed by atoms with E-state index in [1.807, 2.05) is 35.2 Å². The summed E-state index contributed by atoms with van der Waals surface area (Å²) >= 11 is 3.81. The molecule has 3 heterocycles. The maximum Gasteiger partial charge on any atom is 0.248 e. The molecule has 0 radical (unpaired) electrons. The van der Waals surface area contributed by atoms with Crippen molar-refractivity contribution in [3.8, 4) is 0 Å². The predicted molar refractivity (Wildman–Crippen MR) is 169 cm³/mol. The van der Waals surface area contributed by atoms with Gasteiger partial charge in [0.25, 0.3) is 0 Å². The van der Waals surface area contributed by atoms with E-state index in [0.717, 1.165) is 37.7 Å². The number of fused-ring (bicyclic) bond motifs is 1. The molecule has 3 aliphatic heterocycles. The zero-order valence-corrected chi connectivity index (χ0v) is 26.7. The number of ether oxygens (including phenoxy) is 1. The second kappa shape index (κ2) is 14.1. The van der Waals surface area contributed by atoms with E-state index in [2.05, 4.69) is 29.1 Å². The quantitative estimate of drug-likeness (QED) is 0.182. The fourth-order valence-corrected chi connectivity index (χ4v) is 8.96. The Morgan fingerprint density at radius 2 is 1.77 bits per heavy atom. The van der Waals surface area contributed by atoms with Crippen molar-refractivity contribution >= 4 is 33.7 Å². The van der Waals surface area contributed by atoms with E-state index in [-0.39, 0.29) is 35.2 Å². The van der Waals surface area contributed by atoms with Crippen LogP contribution in [0.1, 0.15) is 63.4 Å². The number of carbonyl (C=O) groups excluding carboxylic acids is 3. The second-order valence-electron chi connectivity index (χ2n) is 12.5. The van der Waals surface area contributed by atoms with Crippen LogP contribution in [0.4, 0.5) is 0 Å². The summed E-state index contributed by atoms with van der Waals surface area (Å²) < 4.78 is 6.79. The Morgan fingerprint density at radius 3 is 2.44 bits per heavy atom. The van der Waals surface area contributed by atoms with Gasteiger partial charge in [-0.3, -0.25) is 14.4 Å². The number of nitrogens with zero attached hydrogens (tertiary/aromatic N) is 3. The molecular formula is C34H46BrN3O5. The number of rotatable bonds is 14. The Morgan fingerprint density at radius 1 is 1.05 bits per heavy atom. The van der Waals surface area contributed by atoms with E-state index in [0.29, 0.717) is 45.4 Å². The van der Waals surface area contributed by atoms with Crippen molar-refractivity contribution in [1.29, 1.82) is 0 Å².